The van der Waals surface area contributed by atoms with Crippen LogP contribution in [-0.2, 0) is 17.3 Å². The Balaban J connectivity index is 1.99. The molecule has 1 saturated heterocycles. The molecule has 9 heteroatoms. The van der Waals surface area contributed by atoms with Gasteiger partial charge in [0, 0.05) is 26.7 Å². The summed E-state index contributed by atoms with van der Waals surface area (Å²) in [6.07, 6.45) is 2.92. The van der Waals surface area contributed by atoms with Gasteiger partial charge in [-0.25, -0.2) is 0 Å². The van der Waals surface area contributed by atoms with Gasteiger partial charge in [0.15, 0.2) is 5.82 Å². The van der Waals surface area contributed by atoms with Crippen molar-refractivity contribution in [3.05, 3.63) is 12.2 Å². The van der Waals surface area contributed by atoms with Gasteiger partial charge in [-0.15, -0.1) is 10.2 Å². The second-order valence-electron chi connectivity index (χ2n) is 5.17. The van der Waals surface area contributed by atoms with Gasteiger partial charge in [-0.3, -0.25) is 0 Å². The fourth-order valence-corrected chi connectivity index (χ4v) is 3.76. The lowest BCUT2D eigenvalue weighted by atomic mass is 10.00. The number of nitrogens with zero attached hydrogens (tertiary/aromatic N) is 4. The quantitative estimate of drug-likeness (QED) is 0.757. The molecule has 1 atom stereocenters. The molecule has 1 aliphatic rings. The molecule has 1 fully saturated rings. The number of aliphatic hydroxyl groups is 1. The first-order chi connectivity index (χ1) is 9.44. The maximum atomic E-state index is 12.3. The average molecular weight is 303 g/mol. The number of hydrogen-bond acceptors (Lipinski definition) is 5. The third-order valence-corrected chi connectivity index (χ3v) is 5.33. The van der Waals surface area contributed by atoms with Crippen LogP contribution in [0, 0.1) is 5.92 Å². The SMILES string of the molecule is CC(NS(=O)(=O)N1CCC(CO)CC1)c1nncn1C. The van der Waals surface area contributed by atoms with Gasteiger partial charge in [-0.1, -0.05) is 0 Å². The minimum atomic E-state index is -3.54. The normalized spacial score (nSPS) is 20.1. The third-order valence-electron chi connectivity index (χ3n) is 3.63. The predicted octanol–water partition coefficient (Wildman–Crippen LogP) is -0.585. The van der Waals surface area contributed by atoms with E-state index in [4.69, 9.17) is 5.11 Å². The van der Waals surface area contributed by atoms with Crippen LogP contribution in [0.25, 0.3) is 0 Å². The number of aliphatic hydroxyl groups excluding tert-OH is 1. The largest absolute Gasteiger partial charge is 0.396 e. The van der Waals surface area contributed by atoms with Gasteiger partial charge in [0.1, 0.15) is 6.33 Å². The van der Waals surface area contributed by atoms with Gasteiger partial charge >= 0.3 is 0 Å². The van der Waals surface area contributed by atoms with Crippen LogP contribution in [0.2, 0.25) is 0 Å². The minimum absolute atomic E-state index is 0.122. The highest BCUT2D eigenvalue weighted by Gasteiger charge is 2.29. The number of aryl methyl sites for hydroxylation is 1. The predicted molar refractivity (Wildman–Crippen MR) is 72.9 cm³/mol. The Hall–Kier alpha value is -1.03. The summed E-state index contributed by atoms with van der Waals surface area (Å²) < 4.78 is 30.3. The molecule has 114 valence electrons. The third kappa shape index (κ3) is 3.35. The van der Waals surface area contributed by atoms with Crippen LogP contribution in [0.3, 0.4) is 0 Å². The molecule has 2 heterocycles. The standard InChI is InChI=1S/C11H21N5O3S/c1-9(11-13-12-8-15(11)2)14-20(18,19)16-5-3-10(7-17)4-6-16/h8-10,14,17H,3-7H2,1-2H3. The van der Waals surface area contributed by atoms with Gasteiger partial charge in [0.25, 0.3) is 10.2 Å². The monoisotopic (exact) mass is 303 g/mol. The zero-order valence-electron chi connectivity index (χ0n) is 11.7. The summed E-state index contributed by atoms with van der Waals surface area (Å²) in [7, 11) is -1.77. The van der Waals surface area contributed by atoms with Gasteiger partial charge in [-0.05, 0) is 25.7 Å². The Bertz CT molecular complexity index is 536. The summed E-state index contributed by atoms with van der Waals surface area (Å²) in [6.45, 7) is 2.73. The molecule has 1 aromatic heterocycles. The van der Waals surface area contributed by atoms with Crippen molar-refractivity contribution >= 4 is 10.2 Å². The van der Waals surface area contributed by atoms with E-state index in [0.29, 0.717) is 31.8 Å². The van der Waals surface area contributed by atoms with E-state index in [1.165, 1.54) is 10.6 Å². The van der Waals surface area contributed by atoms with Crippen molar-refractivity contribution in [1.29, 1.82) is 0 Å². The molecular formula is C11H21N5O3S. The number of aromatic nitrogens is 3. The second-order valence-corrected chi connectivity index (χ2v) is 6.87. The highest BCUT2D eigenvalue weighted by Crippen LogP contribution is 2.19. The van der Waals surface area contributed by atoms with E-state index in [1.807, 2.05) is 0 Å². The molecule has 0 aliphatic carbocycles. The number of nitrogens with one attached hydrogen (secondary N) is 1. The van der Waals surface area contributed by atoms with Crippen molar-refractivity contribution in [3.63, 3.8) is 0 Å². The van der Waals surface area contributed by atoms with Crippen LogP contribution in [0.15, 0.2) is 6.33 Å². The molecule has 0 aromatic carbocycles. The fraction of sp³-hybridized carbons (Fsp3) is 0.818. The lowest BCUT2D eigenvalue weighted by Gasteiger charge is -2.31. The van der Waals surface area contributed by atoms with Crippen molar-refractivity contribution in [2.24, 2.45) is 13.0 Å². The molecule has 1 aromatic rings. The van der Waals surface area contributed by atoms with E-state index in [0.717, 1.165) is 0 Å². The average Bonchev–Trinajstić information content (AvgIpc) is 2.84. The highest BCUT2D eigenvalue weighted by atomic mass is 32.2. The molecule has 2 rings (SSSR count). The molecule has 0 bridgehead atoms. The summed E-state index contributed by atoms with van der Waals surface area (Å²) in [5.41, 5.74) is 0. The van der Waals surface area contributed by atoms with Crippen LogP contribution in [0.1, 0.15) is 31.6 Å². The summed E-state index contributed by atoms with van der Waals surface area (Å²) in [4.78, 5) is 0. The molecule has 0 saturated carbocycles. The molecule has 0 amide bonds. The molecule has 8 nitrogen and oxygen atoms in total. The Labute approximate surface area is 119 Å². The van der Waals surface area contributed by atoms with Crippen molar-refractivity contribution in [2.75, 3.05) is 19.7 Å². The van der Waals surface area contributed by atoms with Crippen LogP contribution < -0.4 is 4.72 Å². The lowest BCUT2D eigenvalue weighted by Crippen LogP contribution is -2.46. The first-order valence-electron chi connectivity index (χ1n) is 6.66. The van der Waals surface area contributed by atoms with Gasteiger partial charge < -0.3 is 9.67 Å². The number of rotatable bonds is 5. The first kappa shape index (κ1) is 15.4. The maximum absolute atomic E-state index is 12.3. The van der Waals surface area contributed by atoms with Crippen LogP contribution in [0.4, 0.5) is 0 Å². The Morgan fingerprint density at radius 3 is 2.65 bits per heavy atom. The van der Waals surface area contributed by atoms with Gasteiger partial charge in [0.2, 0.25) is 0 Å². The van der Waals surface area contributed by atoms with E-state index in [1.54, 1.807) is 18.5 Å². The van der Waals surface area contributed by atoms with Crippen molar-refractivity contribution < 1.29 is 13.5 Å². The molecule has 0 spiro atoms. The van der Waals surface area contributed by atoms with Crippen molar-refractivity contribution in [2.45, 2.75) is 25.8 Å². The second kappa shape index (κ2) is 6.17. The van der Waals surface area contributed by atoms with E-state index < -0.39 is 16.3 Å². The molecular weight excluding hydrogens is 282 g/mol. The lowest BCUT2D eigenvalue weighted by molar-refractivity contribution is 0.169. The van der Waals surface area contributed by atoms with E-state index in [2.05, 4.69) is 14.9 Å². The van der Waals surface area contributed by atoms with Crippen molar-refractivity contribution in [1.82, 2.24) is 23.8 Å². The van der Waals surface area contributed by atoms with Crippen LogP contribution in [-0.4, -0.2) is 52.3 Å². The summed E-state index contributed by atoms with van der Waals surface area (Å²) >= 11 is 0. The zero-order valence-corrected chi connectivity index (χ0v) is 12.5. The summed E-state index contributed by atoms with van der Waals surface area (Å²) in [6, 6.07) is -0.442. The molecule has 0 radical (unpaired) electrons. The fourth-order valence-electron chi connectivity index (χ4n) is 2.37. The Morgan fingerprint density at radius 2 is 2.15 bits per heavy atom. The van der Waals surface area contributed by atoms with E-state index >= 15 is 0 Å². The topological polar surface area (TPSA) is 100 Å². The number of hydrogen-bond donors (Lipinski definition) is 2. The maximum Gasteiger partial charge on any atom is 0.280 e. The van der Waals surface area contributed by atoms with Crippen LogP contribution in [0.5, 0.6) is 0 Å². The summed E-state index contributed by atoms with van der Waals surface area (Å²) in [5.74, 6) is 0.774. The van der Waals surface area contributed by atoms with Gasteiger partial charge in [0.05, 0.1) is 6.04 Å². The smallest absolute Gasteiger partial charge is 0.280 e. The Morgan fingerprint density at radius 1 is 1.50 bits per heavy atom. The molecule has 2 N–H and O–H groups in total. The molecule has 1 aliphatic heterocycles. The van der Waals surface area contributed by atoms with E-state index in [9.17, 15) is 8.42 Å². The van der Waals surface area contributed by atoms with Gasteiger partial charge in [-0.2, -0.15) is 17.4 Å². The molecule has 20 heavy (non-hydrogen) atoms. The first-order valence-corrected chi connectivity index (χ1v) is 8.10. The summed E-state index contributed by atoms with van der Waals surface area (Å²) in [5, 5.41) is 16.7. The van der Waals surface area contributed by atoms with E-state index in [-0.39, 0.29) is 12.5 Å². The highest BCUT2D eigenvalue weighted by molar-refractivity contribution is 7.87. The molecule has 1 unspecified atom stereocenters. The number of piperidine rings is 1. The zero-order chi connectivity index (χ0) is 14.8. The van der Waals surface area contributed by atoms with Crippen LogP contribution >= 0.6 is 0 Å². The van der Waals surface area contributed by atoms with Crippen molar-refractivity contribution in [3.8, 4) is 0 Å². The Kier molecular flexibility index (Phi) is 4.74. The minimum Gasteiger partial charge on any atom is -0.396 e.